The van der Waals surface area contributed by atoms with Crippen molar-refractivity contribution >= 4 is 17.7 Å². The number of aliphatic hydroxyl groups is 3. The van der Waals surface area contributed by atoms with Crippen LogP contribution in [-0.2, 0) is 14.4 Å². The Morgan fingerprint density at radius 1 is 0.583 bits per heavy atom. The molecule has 0 aliphatic heterocycles. The van der Waals surface area contributed by atoms with Gasteiger partial charge >= 0.3 is 11.9 Å². The topological polar surface area (TPSA) is 152 Å². The van der Waals surface area contributed by atoms with Gasteiger partial charge in [0.2, 0.25) is 0 Å². The van der Waals surface area contributed by atoms with Gasteiger partial charge in [-0.3, -0.25) is 14.4 Å². The summed E-state index contributed by atoms with van der Waals surface area (Å²) in [7, 11) is 0. The van der Waals surface area contributed by atoms with Crippen LogP contribution in [0.2, 0.25) is 0 Å². The van der Waals surface area contributed by atoms with Gasteiger partial charge in [0.25, 0.3) is 0 Å². The minimum absolute atomic E-state index is 0.108. The van der Waals surface area contributed by atoms with Gasteiger partial charge < -0.3 is 25.5 Å². The molecule has 0 aromatic heterocycles. The van der Waals surface area contributed by atoms with Crippen molar-refractivity contribution < 1.29 is 39.9 Å². The van der Waals surface area contributed by atoms with Crippen molar-refractivity contribution in [3.05, 3.63) is 0 Å². The number of carbonyl (C=O) groups excluding carboxylic acids is 1. The molecule has 0 bridgehead atoms. The Morgan fingerprint density at radius 3 is 1.53 bits per heavy atom. The fraction of sp³-hybridized carbons (Fsp3) is 0.942. The molecular weight excluding hydrogens is 753 g/mol. The number of fused-ring (bicyclic) bond motifs is 10. The summed E-state index contributed by atoms with van der Waals surface area (Å²) in [5, 5.41) is 50.8. The molecule has 5 N–H and O–H groups in total. The fourth-order valence-corrected chi connectivity index (χ4v) is 18.6. The van der Waals surface area contributed by atoms with E-state index in [0.717, 1.165) is 83.5 Å². The Bertz CT molecular complexity index is 1560. The highest BCUT2D eigenvalue weighted by Gasteiger charge is 2.67. The molecular formula is C52H86O8. The van der Waals surface area contributed by atoms with Crippen LogP contribution < -0.4 is 0 Å². The third-order valence-corrected chi connectivity index (χ3v) is 21.7. The summed E-state index contributed by atoms with van der Waals surface area (Å²) >= 11 is 0. The Hall–Kier alpha value is -1.51. The molecule has 0 aromatic rings. The average molecular weight is 839 g/mol. The molecule has 8 aliphatic rings. The second-order valence-electron chi connectivity index (χ2n) is 23.9. The largest absolute Gasteiger partial charge is 0.481 e. The van der Waals surface area contributed by atoms with Crippen molar-refractivity contribution in [1.29, 1.82) is 0 Å². The summed E-state index contributed by atoms with van der Waals surface area (Å²) in [4.78, 5) is 36.1. The summed E-state index contributed by atoms with van der Waals surface area (Å²) in [5.74, 6) is 4.89. The van der Waals surface area contributed by atoms with Crippen LogP contribution in [0, 0.1) is 105 Å². The van der Waals surface area contributed by atoms with Crippen molar-refractivity contribution in [2.45, 2.75) is 202 Å². The molecule has 0 saturated heterocycles. The lowest BCUT2D eigenvalue weighted by molar-refractivity contribution is -0.203. The van der Waals surface area contributed by atoms with E-state index in [1.54, 1.807) is 0 Å². The number of carboxylic acids is 2. The van der Waals surface area contributed by atoms with Gasteiger partial charge in [0, 0.05) is 24.7 Å². The third-order valence-electron chi connectivity index (χ3n) is 21.7. The smallest absolute Gasteiger partial charge is 0.303 e. The van der Waals surface area contributed by atoms with Gasteiger partial charge in [0.1, 0.15) is 5.78 Å². The number of ketones is 1. The van der Waals surface area contributed by atoms with Gasteiger partial charge in [0.05, 0.1) is 18.3 Å². The standard InChI is InChI=1S/C26H44O4.C26H42O4/c2*1-5-17-21-14-16(27)10-12-26(21,4)20-11-13-25(3)18(15(2)6-9-22(28)29)7-8-19(25)23(20)24(17)30/h15-21,23-24,27,30H,5-14H2,1-4H3,(H,28,29);15-21,23,27H,5-14H2,1-4H3,(H,28,29)/t15-,16-,17-,18?,19?,20?,21?,23?,24-,25-,26-;15-,16-,17-,18?,19?,20?,21?,23?,25-,26-/m11/s1. The van der Waals surface area contributed by atoms with E-state index in [0.29, 0.717) is 76.8 Å². The number of aliphatic hydroxyl groups excluding tert-OH is 3. The van der Waals surface area contributed by atoms with Crippen LogP contribution in [0.25, 0.3) is 0 Å². The zero-order chi connectivity index (χ0) is 43.7. The van der Waals surface area contributed by atoms with Crippen molar-refractivity contribution in [1.82, 2.24) is 0 Å². The predicted octanol–water partition coefficient (Wildman–Crippen LogP) is 10.4. The van der Waals surface area contributed by atoms with Gasteiger partial charge in [-0.25, -0.2) is 0 Å². The highest BCUT2D eigenvalue weighted by molar-refractivity contribution is 5.86. The normalized spacial score (nSPS) is 50.3. The second kappa shape index (κ2) is 17.5. The minimum atomic E-state index is -0.697. The van der Waals surface area contributed by atoms with Crippen LogP contribution >= 0.6 is 0 Å². The highest BCUT2D eigenvalue weighted by atomic mass is 16.4. The molecule has 10 unspecified atom stereocenters. The lowest BCUT2D eigenvalue weighted by Crippen LogP contribution is -2.62. The Kier molecular flexibility index (Phi) is 13.5. The van der Waals surface area contributed by atoms with Crippen molar-refractivity contribution in [2.75, 3.05) is 0 Å². The molecule has 60 heavy (non-hydrogen) atoms. The van der Waals surface area contributed by atoms with Crippen LogP contribution in [0.4, 0.5) is 0 Å². The Morgan fingerprint density at radius 2 is 1.02 bits per heavy atom. The number of Topliss-reactive ketones (excluding diaryl/α,β-unsaturated/α-hetero) is 1. The number of carboxylic acid groups (broad SMARTS) is 2. The lowest BCUT2D eigenvalue weighted by Gasteiger charge is -2.64. The van der Waals surface area contributed by atoms with Crippen molar-refractivity contribution in [3.8, 4) is 0 Å². The van der Waals surface area contributed by atoms with Gasteiger partial charge in [0.15, 0.2) is 0 Å². The summed E-state index contributed by atoms with van der Waals surface area (Å²) in [5.41, 5.74) is 0.838. The molecule has 8 fully saturated rings. The number of hydrogen-bond acceptors (Lipinski definition) is 6. The molecule has 8 nitrogen and oxygen atoms in total. The van der Waals surface area contributed by atoms with Gasteiger partial charge in [-0.2, -0.15) is 0 Å². The van der Waals surface area contributed by atoms with E-state index in [1.165, 1.54) is 32.1 Å². The fourth-order valence-electron chi connectivity index (χ4n) is 18.6. The number of hydrogen-bond donors (Lipinski definition) is 5. The van der Waals surface area contributed by atoms with Gasteiger partial charge in [-0.15, -0.1) is 0 Å². The molecule has 8 aliphatic carbocycles. The van der Waals surface area contributed by atoms with Crippen molar-refractivity contribution in [3.63, 3.8) is 0 Å². The Labute approximate surface area is 363 Å². The summed E-state index contributed by atoms with van der Waals surface area (Å²) < 4.78 is 0. The molecule has 0 aromatic carbocycles. The zero-order valence-electron chi connectivity index (χ0n) is 38.9. The maximum absolute atomic E-state index is 13.9. The summed E-state index contributed by atoms with van der Waals surface area (Å²) in [6.07, 6.45) is 18.3. The first-order chi connectivity index (χ1) is 28.3. The van der Waals surface area contributed by atoms with Crippen LogP contribution in [0.1, 0.15) is 184 Å². The van der Waals surface area contributed by atoms with E-state index < -0.39 is 11.9 Å². The van der Waals surface area contributed by atoms with Crippen LogP contribution in [0.15, 0.2) is 0 Å². The molecule has 8 saturated carbocycles. The van der Waals surface area contributed by atoms with E-state index in [-0.39, 0.29) is 64.6 Å². The summed E-state index contributed by atoms with van der Waals surface area (Å²) in [6, 6.07) is 0. The van der Waals surface area contributed by atoms with E-state index in [1.807, 2.05) is 0 Å². The van der Waals surface area contributed by atoms with Gasteiger partial charge in [-0.05, 0) is 202 Å². The number of carbonyl (C=O) groups is 3. The summed E-state index contributed by atoms with van der Waals surface area (Å²) in [6.45, 7) is 18.7. The zero-order valence-corrected chi connectivity index (χ0v) is 38.9. The number of rotatable bonds is 10. The SMILES string of the molecule is CC[C@@H]1C2C[C@H](O)CC[C@]2(C)C2CC[C@@]3(C)C(CCC3[C@H](C)CCC(=O)O)C2[C@@H]1O.CC[C@H]1C(=O)C2C3CCC([C@H](C)CCC(=O)O)[C@@]3(C)CCC2[C@@]2(C)CC[C@@H](O)CC12. The van der Waals surface area contributed by atoms with Gasteiger partial charge in [-0.1, -0.05) is 61.8 Å². The van der Waals surface area contributed by atoms with E-state index in [2.05, 4.69) is 55.4 Å². The third kappa shape index (κ3) is 7.68. The molecule has 8 rings (SSSR count). The van der Waals surface area contributed by atoms with Crippen LogP contribution in [-0.4, -0.2) is 61.6 Å². The average Bonchev–Trinajstić information content (AvgIpc) is 3.74. The van der Waals surface area contributed by atoms with Crippen molar-refractivity contribution in [2.24, 2.45) is 105 Å². The number of aliphatic carboxylic acids is 2. The molecule has 0 heterocycles. The molecule has 21 atom stereocenters. The molecule has 8 heteroatoms. The molecule has 342 valence electrons. The first-order valence-electron chi connectivity index (χ1n) is 25.3. The minimum Gasteiger partial charge on any atom is -0.481 e. The van der Waals surface area contributed by atoms with Crippen LogP contribution in [0.5, 0.6) is 0 Å². The molecule has 0 spiro atoms. The first kappa shape index (κ1) is 46.5. The second-order valence-corrected chi connectivity index (χ2v) is 23.9. The lowest BCUT2D eigenvalue weighted by atomic mass is 9.41. The maximum Gasteiger partial charge on any atom is 0.303 e. The first-order valence-corrected chi connectivity index (χ1v) is 25.3. The monoisotopic (exact) mass is 839 g/mol. The maximum atomic E-state index is 13.9. The molecule has 0 amide bonds. The molecule has 0 radical (unpaired) electrons. The predicted molar refractivity (Wildman–Crippen MR) is 235 cm³/mol. The van der Waals surface area contributed by atoms with E-state index in [4.69, 9.17) is 10.2 Å². The van der Waals surface area contributed by atoms with E-state index >= 15 is 0 Å². The Balaban J connectivity index is 0.000000181. The quantitative estimate of drug-likeness (QED) is 0.146. The van der Waals surface area contributed by atoms with Crippen LogP contribution in [0.3, 0.4) is 0 Å². The highest BCUT2D eigenvalue weighted by Crippen LogP contribution is 2.71. The van der Waals surface area contributed by atoms with E-state index in [9.17, 15) is 29.7 Å².